The standard InChI is InChI=1S/C13H25NO.C2H6/c1-13(2,3)12(15)11(14-4)10-8-6-5-7-9-10;1-2/h10-11,14H,5-9H2,1-4H3;1-2H3. The molecule has 0 amide bonds. The molecule has 0 aromatic rings. The molecular formula is C15H31NO. The summed E-state index contributed by atoms with van der Waals surface area (Å²) in [6, 6.07) is 0.0744. The van der Waals surface area contributed by atoms with Crippen LogP contribution in [0.25, 0.3) is 0 Å². The monoisotopic (exact) mass is 241 g/mol. The predicted molar refractivity (Wildman–Crippen MR) is 75.2 cm³/mol. The third-order valence-corrected chi connectivity index (χ3v) is 3.45. The van der Waals surface area contributed by atoms with Gasteiger partial charge >= 0.3 is 0 Å². The molecule has 1 unspecified atom stereocenters. The van der Waals surface area contributed by atoms with Crippen molar-refractivity contribution in [2.24, 2.45) is 11.3 Å². The van der Waals surface area contributed by atoms with Gasteiger partial charge in [0, 0.05) is 5.41 Å². The Balaban J connectivity index is 0.00000121. The van der Waals surface area contributed by atoms with Crippen LogP contribution in [0, 0.1) is 11.3 Å². The van der Waals surface area contributed by atoms with Crippen molar-refractivity contribution in [2.45, 2.75) is 72.8 Å². The molecule has 0 spiro atoms. The number of carbonyl (C=O) groups is 1. The van der Waals surface area contributed by atoms with Crippen molar-refractivity contribution in [1.82, 2.24) is 5.32 Å². The van der Waals surface area contributed by atoms with E-state index in [2.05, 4.69) is 5.32 Å². The van der Waals surface area contributed by atoms with E-state index >= 15 is 0 Å². The molecule has 2 heteroatoms. The lowest BCUT2D eigenvalue weighted by atomic mass is 9.76. The van der Waals surface area contributed by atoms with Gasteiger partial charge in [0.2, 0.25) is 0 Å². The molecule has 102 valence electrons. The number of hydrogen-bond donors (Lipinski definition) is 1. The highest BCUT2D eigenvalue weighted by atomic mass is 16.1. The van der Waals surface area contributed by atoms with E-state index in [-0.39, 0.29) is 11.5 Å². The highest BCUT2D eigenvalue weighted by molar-refractivity contribution is 5.89. The third kappa shape index (κ3) is 5.20. The highest BCUT2D eigenvalue weighted by Gasteiger charge is 2.34. The van der Waals surface area contributed by atoms with Gasteiger partial charge in [0.1, 0.15) is 0 Å². The van der Waals surface area contributed by atoms with Gasteiger partial charge in [-0.25, -0.2) is 0 Å². The van der Waals surface area contributed by atoms with Crippen LogP contribution in [0.5, 0.6) is 0 Å². The van der Waals surface area contributed by atoms with Crippen molar-refractivity contribution in [3.05, 3.63) is 0 Å². The van der Waals surface area contributed by atoms with Gasteiger partial charge in [-0.05, 0) is 25.8 Å². The van der Waals surface area contributed by atoms with E-state index in [0.29, 0.717) is 11.7 Å². The van der Waals surface area contributed by atoms with Crippen molar-refractivity contribution in [3.8, 4) is 0 Å². The maximum atomic E-state index is 12.2. The van der Waals surface area contributed by atoms with Crippen LogP contribution >= 0.6 is 0 Å². The Hall–Kier alpha value is -0.370. The molecule has 1 N–H and O–H groups in total. The zero-order valence-corrected chi connectivity index (χ0v) is 12.6. The molecule has 2 nitrogen and oxygen atoms in total. The molecule has 0 bridgehead atoms. The first-order chi connectivity index (χ1) is 7.96. The van der Waals surface area contributed by atoms with Gasteiger partial charge in [0.15, 0.2) is 5.78 Å². The molecular weight excluding hydrogens is 210 g/mol. The number of likely N-dealkylation sites (N-methyl/N-ethyl adjacent to an activating group) is 1. The van der Waals surface area contributed by atoms with Crippen LogP contribution in [0.1, 0.15) is 66.7 Å². The molecule has 0 aliphatic heterocycles. The Bertz CT molecular complexity index is 211. The van der Waals surface area contributed by atoms with Gasteiger partial charge in [0.25, 0.3) is 0 Å². The average molecular weight is 241 g/mol. The molecule has 1 aliphatic rings. The SMILES string of the molecule is CC.CNC(C(=O)C(C)(C)C)C1CCCCC1. The Kier molecular flexibility index (Phi) is 7.69. The Morgan fingerprint density at radius 3 is 1.94 bits per heavy atom. The van der Waals surface area contributed by atoms with Gasteiger partial charge in [-0.3, -0.25) is 4.79 Å². The zero-order valence-electron chi connectivity index (χ0n) is 12.6. The maximum Gasteiger partial charge on any atom is 0.155 e. The van der Waals surface area contributed by atoms with Crippen molar-refractivity contribution in [2.75, 3.05) is 7.05 Å². The summed E-state index contributed by atoms with van der Waals surface area (Å²) in [5, 5.41) is 3.23. The second kappa shape index (κ2) is 7.86. The van der Waals surface area contributed by atoms with E-state index in [9.17, 15) is 4.79 Å². The van der Waals surface area contributed by atoms with Gasteiger partial charge < -0.3 is 5.32 Å². The van der Waals surface area contributed by atoms with Gasteiger partial charge in [-0.1, -0.05) is 53.9 Å². The van der Waals surface area contributed by atoms with Crippen LogP contribution in [0.4, 0.5) is 0 Å². The fourth-order valence-electron chi connectivity index (χ4n) is 2.51. The summed E-state index contributed by atoms with van der Waals surface area (Å²) < 4.78 is 0. The van der Waals surface area contributed by atoms with Crippen molar-refractivity contribution >= 4 is 5.78 Å². The van der Waals surface area contributed by atoms with Crippen molar-refractivity contribution < 1.29 is 4.79 Å². The van der Waals surface area contributed by atoms with Crippen LogP contribution in [-0.4, -0.2) is 18.9 Å². The largest absolute Gasteiger partial charge is 0.310 e. The number of Topliss-reactive ketones (excluding diaryl/α,β-unsaturated/α-hetero) is 1. The maximum absolute atomic E-state index is 12.2. The predicted octanol–water partition coefficient (Wildman–Crippen LogP) is 3.80. The number of carbonyl (C=O) groups excluding carboxylic acids is 1. The molecule has 1 aliphatic carbocycles. The molecule has 0 aromatic heterocycles. The first-order valence-corrected chi connectivity index (χ1v) is 7.18. The summed E-state index contributed by atoms with van der Waals surface area (Å²) in [5.74, 6) is 0.937. The summed E-state index contributed by atoms with van der Waals surface area (Å²) in [4.78, 5) is 12.2. The average Bonchev–Trinajstić information content (AvgIpc) is 2.33. The smallest absolute Gasteiger partial charge is 0.155 e. The minimum atomic E-state index is -0.217. The summed E-state index contributed by atoms with van der Waals surface area (Å²) in [6.07, 6.45) is 6.36. The van der Waals surface area contributed by atoms with Crippen molar-refractivity contribution in [3.63, 3.8) is 0 Å². The van der Waals surface area contributed by atoms with E-state index in [1.54, 1.807) is 0 Å². The molecule has 17 heavy (non-hydrogen) atoms. The van der Waals surface area contributed by atoms with Crippen LogP contribution < -0.4 is 5.32 Å². The Labute approximate surface area is 108 Å². The number of ketones is 1. The van der Waals surface area contributed by atoms with E-state index in [1.807, 2.05) is 41.7 Å². The molecule has 1 rings (SSSR count). The summed E-state index contributed by atoms with van der Waals surface area (Å²) in [5.41, 5.74) is -0.217. The van der Waals surface area contributed by atoms with E-state index in [1.165, 1.54) is 32.1 Å². The normalized spacial score (nSPS) is 19.2. The van der Waals surface area contributed by atoms with E-state index < -0.39 is 0 Å². The minimum Gasteiger partial charge on any atom is -0.310 e. The number of nitrogens with one attached hydrogen (secondary N) is 1. The van der Waals surface area contributed by atoms with Crippen LogP contribution in [0.3, 0.4) is 0 Å². The molecule has 1 saturated carbocycles. The molecule has 0 saturated heterocycles. The second-order valence-electron chi connectivity index (χ2n) is 5.78. The number of rotatable bonds is 3. The zero-order chi connectivity index (χ0) is 13.5. The van der Waals surface area contributed by atoms with Gasteiger partial charge in [0.05, 0.1) is 6.04 Å². The van der Waals surface area contributed by atoms with Gasteiger partial charge in [-0.2, -0.15) is 0 Å². The van der Waals surface area contributed by atoms with Crippen LogP contribution in [0.2, 0.25) is 0 Å². The lowest BCUT2D eigenvalue weighted by Gasteiger charge is -2.33. The first-order valence-electron chi connectivity index (χ1n) is 7.18. The molecule has 1 fully saturated rings. The Morgan fingerprint density at radius 2 is 1.59 bits per heavy atom. The Morgan fingerprint density at radius 1 is 1.12 bits per heavy atom. The van der Waals surface area contributed by atoms with Crippen LogP contribution in [0.15, 0.2) is 0 Å². The van der Waals surface area contributed by atoms with Crippen LogP contribution in [-0.2, 0) is 4.79 Å². The van der Waals surface area contributed by atoms with Gasteiger partial charge in [-0.15, -0.1) is 0 Å². The summed E-state index contributed by atoms with van der Waals surface area (Å²) in [7, 11) is 1.92. The third-order valence-electron chi connectivity index (χ3n) is 3.45. The number of hydrogen-bond acceptors (Lipinski definition) is 2. The van der Waals surface area contributed by atoms with E-state index in [0.717, 1.165) is 0 Å². The second-order valence-corrected chi connectivity index (χ2v) is 5.78. The summed E-state index contributed by atoms with van der Waals surface area (Å²) in [6.45, 7) is 10.0. The minimum absolute atomic E-state index is 0.0744. The topological polar surface area (TPSA) is 29.1 Å². The lowest BCUT2D eigenvalue weighted by molar-refractivity contribution is -0.130. The molecule has 0 radical (unpaired) electrons. The summed E-state index contributed by atoms with van der Waals surface area (Å²) >= 11 is 0. The molecule has 0 heterocycles. The highest BCUT2D eigenvalue weighted by Crippen LogP contribution is 2.30. The fraction of sp³-hybridized carbons (Fsp3) is 0.933. The van der Waals surface area contributed by atoms with E-state index in [4.69, 9.17) is 0 Å². The quantitative estimate of drug-likeness (QED) is 0.814. The lowest BCUT2D eigenvalue weighted by Crippen LogP contribution is -2.46. The fourth-order valence-corrected chi connectivity index (χ4v) is 2.51. The van der Waals surface area contributed by atoms with Crippen molar-refractivity contribution in [1.29, 1.82) is 0 Å². The first kappa shape index (κ1) is 16.6. The molecule has 1 atom stereocenters. The molecule has 0 aromatic carbocycles.